The Balaban J connectivity index is 2.07. The van der Waals surface area contributed by atoms with E-state index in [0.29, 0.717) is 16.3 Å². The van der Waals surface area contributed by atoms with Gasteiger partial charge in [-0.25, -0.2) is 0 Å². The molecular weight excluding hydrogens is 274 g/mol. The summed E-state index contributed by atoms with van der Waals surface area (Å²) in [6.07, 6.45) is -0.966. The molecule has 2 aromatic rings. The number of rotatable bonds is 2. The van der Waals surface area contributed by atoms with Gasteiger partial charge in [-0.15, -0.1) is 0 Å². The number of hydroxylamine groups is 2. The molecule has 0 spiro atoms. The van der Waals surface area contributed by atoms with Gasteiger partial charge in [-0.3, -0.25) is 15.2 Å². The molecule has 1 aliphatic heterocycles. The Morgan fingerprint density at radius 2 is 1.81 bits per heavy atom. The van der Waals surface area contributed by atoms with Crippen molar-refractivity contribution in [3.8, 4) is 0 Å². The molecule has 108 valence electrons. The molecule has 1 heterocycles. The van der Waals surface area contributed by atoms with Crippen molar-refractivity contribution in [1.29, 1.82) is 0 Å². The zero-order valence-electron chi connectivity index (χ0n) is 10.8. The molecule has 2 aromatic carbocycles. The number of nitrogens with zero attached hydrogens (tertiary/aromatic N) is 2. The molecule has 0 unspecified atom stereocenters. The van der Waals surface area contributed by atoms with Crippen molar-refractivity contribution in [1.82, 2.24) is 5.06 Å². The predicted molar refractivity (Wildman–Crippen MR) is 74.8 cm³/mol. The van der Waals surface area contributed by atoms with Gasteiger partial charge < -0.3 is 15.8 Å². The molecule has 0 saturated carbocycles. The summed E-state index contributed by atoms with van der Waals surface area (Å²) in [5.74, 6) is -0.584. The van der Waals surface area contributed by atoms with Crippen LogP contribution in [0.15, 0.2) is 48.5 Å². The Bertz CT molecular complexity index is 689. The van der Waals surface area contributed by atoms with Gasteiger partial charge in [0.25, 0.3) is 5.91 Å². The number of benzene rings is 2. The van der Waals surface area contributed by atoms with Crippen LogP contribution < -0.4 is 10.5 Å². The van der Waals surface area contributed by atoms with E-state index >= 15 is 0 Å². The third-order valence-corrected chi connectivity index (χ3v) is 3.34. The minimum Gasteiger partial charge on any atom is -0.733 e. The second-order valence-electron chi connectivity index (χ2n) is 4.57. The fourth-order valence-corrected chi connectivity index (χ4v) is 2.35. The second kappa shape index (κ2) is 5.06. The first-order chi connectivity index (χ1) is 10.1. The number of anilines is 2. The molecule has 3 rings (SSSR count). The second-order valence-corrected chi connectivity index (χ2v) is 4.57. The van der Waals surface area contributed by atoms with Crippen LogP contribution in [-0.4, -0.2) is 21.4 Å². The van der Waals surface area contributed by atoms with Crippen LogP contribution in [0.1, 0.15) is 22.1 Å². The van der Waals surface area contributed by atoms with E-state index in [0.717, 1.165) is 0 Å². The van der Waals surface area contributed by atoms with Crippen LogP contribution in [0.3, 0.4) is 0 Å². The van der Waals surface area contributed by atoms with E-state index in [4.69, 9.17) is 5.21 Å². The average Bonchev–Trinajstić information content (AvgIpc) is 2.51. The van der Waals surface area contributed by atoms with Gasteiger partial charge >= 0.3 is 0 Å². The summed E-state index contributed by atoms with van der Waals surface area (Å²) in [5.41, 5.74) is 1.10. The lowest BCUT2D eigenvalue weighted by molar-refractivity contribution is -0.0851. The van der Waals surface area contributed by atoms with Gasteiger partial charge in [0, 0.05) is 11.3 Å². The van der Waals surface area contributed by atoms with E-state index in [2.05, 4.69) is 5.32 Å². The minimum absolute atomic E-state index is 0.0544. The molecule has 0 aromatic heterocycles. The molecular formula is C14H12N3O4-. The lowest BCUT2D eigenvalue weighted by Crippen LogP contribution is -2.41. The summed E-state index contributed by atoms with van der Waals surface area (Å²) in [6.45, 7) is 0. The van der Waals surface area contributed by atoms with Crippen LogP contribution in [0, 0.1) is 5.21 Å². The van der Waals surface area contributed by atoms with Crippen LogP contribution in [0.25, 0.3) is 0 Å². The normalized spacial score (nSPS) is 17.2. The summed E-state index contributed by atoms with van der Waals surface area (Å²) in [4.78, 5) is 12.2. The van der Waals surface area contributed by atoms with Gasteiger partial charge in [0.05, 0.1) is 11.3 Å². The van der Waals surface area contributed by atoms with Crippen LogP contribution in [0.5, 0.6) is 0 Å². The summed E-state index contributed by atoms with van der Waals surface area (Å²) in [6, 6.07) is 12.9. The molecule has 0 aliphatic carbocycles. The van der Waals surface area contributed by atoms with Crippen molar-refractivity contribution < 1.29 is 15.2 Å². The average molecular weight is 286 g/mol. The predicted octanol–water partition coefficient (Wildman–Crippen LogP) is 2.34. The molecule has 1 aliphatic rings. The van der Waals surface area contributed by atoms with Gasteiger partial charge in [-0.2, -0.15) is 5.06 Å². The van der Waals surface area contributed by atoms with Crippen LogP contribution in [0.2, 0.25) is 0 Å². The zero-order chi connectivity index (χ0) is 15.0. The standard InChI is InChI=1S/C14H12N3O4/c18-14-9-5-1-3-7-11(9)15-13(16(14)19)10-6-2-4-8-12(10)17(20)21/h1-8,13,15,19-20H/q-1/t13-/m0/s1. The van der Waals surface area contributed by atoms with E-state index in [-0.39, 0.29) is 16.5 Å². The fourth-order valence-electron chi connectivity index (χ4n) is 2.35. The number of carbonyl (C=O) groups excluding carboxylic acids is 1. The van der Waals surface area contributed by atoms with Crippen molar-refractivity contribution in [3.05, 3.63) is 64.9 Å². The monoisotopic (exact) mass is 286 g/mol. The molecule has 0 fully saturated rings. The van der Waals surface area contributed by atoms with Gasteiger partial charge in [0.1, 0.15) is 0 Å². The number of fused-ring (bicyclic) bond motifs is 1. The van der Waals surface area contributed by atoms with E-state index in [1.807, 2.05) is 0 Å². The van der Waals surface area contributed by atoms with Gasteiger partial charge in [-0.05, 0) is 18.2 Å². The maximum Gasteiger partial charge on any atom is 0.281 e. The van der Waals surface area contributed by atoms with Gasteiger partial charge in [-0.1, -0.05) is 30.3 Å². The summed E-state index contributed by atoms with van der Waals surface area (Å²) in [5, 5.41) is 33.6. The Hall–Kier alpha value is -2.61. The number of nitrogens with one attached hydrogen (secondary N) is 1. The molecule has 3 N–H and O–H groups in total. The molecule has 1 atom stereocenters. The summed E-state index contributed by atoms with van der Waals surface area (Å²) < 4.78 is 0. The van der Waals surface area contributed by atoms with Crippen LogP contribution in [-0.2, 0) is 0 Å². The number of amides is 1. The first-order valence-electron chi connectivity index (χ1n) is 6.22. The largest absolute Gasteiger partial charge is 0.733 e. The maximum absolute atomic E-state index is 12.2. The Labute approximate surface area is 120 Å². The maximum atomic E-state index is 12.2. The lowest BCUT2D eigenvalue weighted by atomic mass is 10.0. The van der Waals surface area contributed by atoms with E-state index < -0.39 is 12.1 Å². The lowest BCUT2D eigenvalue weighted by Gasteiger charge is -2.36. The Morgan fingerprint density at radius 3 is 2.57 bits per heavy atom. The molecule has 0 bridgehead atoms. The third-order valence-electron chi connectivity index (χ3n) is 3.34. The quantitative estimate of drug-likeness (QED) is 0.579. The van der Waals surface area contributed by atoms with Crippen molar-refractivity contribution in [3.63, 3.8) is 0 Å². The van der Waals surface area contributed by atoms with Crippen molar-refractivity contribution >= 4 is 17.3 Å². The van der Waals surface area contributed by atoms with E-state index in [1.165, 1.54) is 6.07 Å². The molecule has 0 saturated heterocycles. The number of para-hydroxylation sites is 2. The first-order valence-corrected chi connectivity index (χ1v) is 6.22. The summed E-state index contributed by atoms with van der Waals surface area (Å²) >= 11 is 0. The SMILES string of the molecule is O=C1c2ccccc2N[C@H](c2ccccc2N([O-])O)N1O. The Morgan fingerprint density at radius 1 is 1.14 bits per heavy atom. The first kappa shape index (κ1) is 13.4. The van der Waals surface area contributed by atoms with Crippen LogP contribution in [0.4, 0.5) is 11.4 Å². The summed E-state index contributed by atoms with van der Waals surface area (Å²) in [7, 11) is 0. The highest BCUT2D eigenvalue weighted by atomic mass is 16.8. The highest BCUT2D eigenvalue weighted by Crippen LogP contribution is 2.35. The van der Waals surface area contributed by atoms with Crippen molar-refractivity contribution in [2.45, 2.75) is 6.17 Å². The van der Waals surface area contributed by atoms with Gasteiger partial charge in [0.2, 0.25) is 0 Å². The third kappa shape index (κ3) is 2.19. The number of hydrogen-bond acceptors (Lipinski definition) is 6. The molecule has 7 heteroatoms. The molecule has 21 heavy (non-hydrogen) atoms. The topological polar surface area (TPSA) is 99.1 Å². The van der Waals surface area contributed by atoms with E-state index in [9.17, 15) is 15.2 Å². The van der Waals surface area contributed by atoms with Crippen molar-refractivity contribution in [2.24, 2.45) is 0 Å². The zero-order valence-corrected chi connectivity index (χ0v) is 10.8. The minimum atomic E-state index is -0.966. The van der Waals surface area contributed by atoms with E-state index in [1.54, 1.807) is 42.5 Å². The number of carbonyl (C=O) groups is 1. The van der Waals surface area contributed by atoms with Gasteiger partial charge in [0.15, 0.2) is 6.17 Å². The Kier molecular flexibility index (Phi) is 3.22. The highest BCUT2D eigenvalue weighted by molar-refractivity contribution is 6.01. The molecule has 1 amide bonds. The smallest absolute Gasteiger partial charge is 0.281 e. The fraction of sp³-hybridized carbons (Fsp3) is 0.0714. The van der Waals surface area contributed by atoms with Crippen LogP contribution >= 0.6 is 0 Å². The highest BCUT2D eigenvalue weighted by Gasteiger charge is 2.33. The van der Waals surface area contributed by atoms with Crippen molar-refractivity contribution in [2.75, 3.05) is 10.5 Å². The molecule has 7 nitrogen and oxygen atoms in total. The molecule has 0 radical (unpaired) electrons. The number of hydrogen-bond donors (Lipinski definition) is 3.